The van der Waals surface area contributed by atoms with Crippen LogP contribution >= 0.6 is 0 Å². The molecular formula is C27H32O9. The molecule has 0 unspecified atom stereocenters. The third kappa shape index (κ3) is 3.84. The summed E-state index contributed by atoms with van der Waals surface area (Å²) in [4.78, 5) is 37.4. The molecule has 7 atom stereocenters. The summed E-state index contributed by atoms with van der Waals surface area (Å²) in [5.74, 6) is -1.67. The smallest absolute Gasteiger partial charge is 0.331 e. The molecule has 5 aliphatic rings. The van der Waals surface area contributed by atoms with Crippen molar-refractivity contribution in [1.29, 1.82) is 0 Å². The number of carbonyl (C=O) groups is 3. The van der Waals surface area contributed by atoms with E-state index in [-0.39, 0.29) is 25.7 Å². The van der Waals surface area contributed by atoms with Crippen LogP contribution in [0.2, 0.25) is 0 Å². The normalized spacial score (nSPS) is 42.8. The van der Waals surface area contributed by atoms with Crippen molar-refractivity contribution in [3.63, 3.8) is 0 Å². The van der Waals surface area contributed by atoms with E-state index in [0.29, 0.717) is 25.0 Å². The molecule has 3 fully saturated rings. The van der Waals surface area contributed by atoms with E-state index in [1.165, 1.54) is 30.4 Å². The van der Waals surface area contributed by atoms with Crippen LogP contribution < -0.4 is 0 Å². The molecule has 194 valence electrons. The number of aliphatic hydroxyl groups is 1. The minimum atomic E-state index is -0.887. The Morgan fingerprint density at radius 1 is 0.972 bits per heavy atom. The van der Waals surface area contributed by atoms with Crippen molar-refractivity contribution in [2.45, 2.75) is 70.1 Å². The number of carbonyl (C=O) groups excluding carboxylic acids is 3. The minimum Gasteiger partial charge on any atom is -0.462 e. The molecule has 5 rings (SSSR count). The molecule has 2 bridgehead atoms. The van der Waals surface area contributed by atoms with Gasteiger partial charge >= 0.3 is 17.9 Å². The Balaban J connectivity index is 1.55. The zero-order valence-corrected chi connectivity index (χ0v) is 20.7. The van der Waals surface area contributed by atoms with Gasteiger partial charge in [-0.15, -0.1) is 0 Å². The lowest BCUT2D eigenvalue weighted by Gasteiger charge is -2.58. The average Bonchev–Trinajstić information content (AvgIpc) is 3.59. The SMILES string of the molecule is CC1=CC(=O)OC[C@]23C[C@H](O)C(C)=C[C@H]2O[C@@H]2C[C@@H](OC(=O)C=CC=CC(=O)OCC1)[C@@]3(C)[C@]21CO1. The molecule has 0 radical (unpaired) electrons. The number of esters is 3. The zero-order chi connectivity index (χ0) is 25.7. The van der Waals surface area contributed by atoms with Gasteiger partial charge in [0.05, 0.1) is 36.9 Å². The van der Waals surface area contributed by atoms with Gasteiger partial charge in [-0.05, 0) is 25.8 Å². The first kappa shape index (κ1) is 24.9. The van der Waals surface area contributed by atoms with E-state index >= 15 is 0 Å². The maximum atomic E-state index is 12.8. The first-order valence-corrected chi connectivity index (χ1v) is 12.3. The Hall–Kier alpha value is -2.75. The van der Waals surface area contributed by atoms with Gasteiger partial charge in [0.25, 0.3) is 0 Å². The quantitative estimate of drug-likeness (QED) is 0.231. The minimum absolute atomic E-state index is 0.0446. The van der Waals surface area contributed by atoms with Crippen LogP contribution in [0.3, 0.4) is 0 Å². The molecule has 1 N–H and O–H groups in total. The highest BCUT2D eigenvalue weighted by atomic mass is 16.6. The van der Waals surface area contributed by atoms with Crippen molar-refractivity contribution in [1.82, 2.24) is 0 Å². The highest BCUT2D eigenvalue weighted by molar-refractivity contribution is 5.85. The Morgan fingerprint density at radius 2 is 1.69 bits per heavy atom. The van der Waals surface area contributed by atoms with E-state index in [4.69, 9.17) is 23.7 Å². The molecule has 3 aliphatic heterocycles. The van der Waals surface area contributed by atoms with Gasteiger partial charge in [-0.2, -0.15) is 0 Å². The maximum absolute atomic E-state index is 12.8. The monoisotopic (exact) mass is 500 g/mol. The molecule has 0 aromatic heterocycles. The molecular weight excluding hydrogens is 468 g/mol. The number of cyclic esters (lactones) is 2. The third-order valence-corrected chi connectivity index (χ3v) is 8.73. The van der Waals surface area contributed by atoms with Crippen molar-refractivity contribution < 1.29 is 43.2 Å². The second-order valence-electron chi connectivity index (χ2n) is 10.6. The topological polar surface area (TPSA) is 121 Å². The van der Waals surface area contributed by atoms with Crippen molar-refractivity contribution >= 4 is 17.9 Å². The standard InChI is InChI=1S/C27H32O9/c1-16-8-9-32-22(29)6-4-5-7-23(30)36-19-12-21-27(15-34-27)25(19,3)26(14-33-24(31)10-16)13-18(28)17(2)11-20(26)35-21/h4-7,10-11,18-21,28H,8-9,12-15H2,1-3H3/t18-,19+,20+,21+,25+,26+,27-/m0/s1. The Bertz CT molecular complexity index is 1080. The molecule has 0 aromatic rings. The number of epoxide rings is 1. The number of allylic oxidation sites excluding steroid dienone is 2. The van der Waals surface area contributed by atoms with Gasteiger partial charge in [0.2, 0.25) is 0 Å². The molecule has 2 aliphatic carbocycles. The summed E-state index contributed by atoms with van der Waals surface area (Å²) in [6.07, 6.45) is 7.53. The van der Waals surface area contributed by atoms with Crippen LogP contribution in [-0.4, -0.2) is 72.9 Å². The molecule has 1 saturated carbocycles. The second-order valence-corrected chi connectivity index (χ2v) is 10.6. The largest absolute Gasteiger partial charge is 0.462 e. The number of hydrogen-bond acceptors (Lipinski definition) is 9. The van der Waals surface area contributed by atoms with Gasteiger partial charge in [-0.25, -0.2) is 14.4 Å². The van der Waals surface area contributed by atoms with Crippen molar-refractivity contribution in [2.75, 3.05) is 19.8 Å². The second kappa shape index (κ2) is 8.97. The van der Waals surface area contributed by atoms with E-state index in [9.17, 15) is 19.5 Å². The molecule has 36 heavy (non-hydrogen) atoms. The zero-order valence-electron chi connectivity index (χ0n) is 20.7. The van der Waals surface area contributed by atoms with Crippen LogP contribution in [0.15, 0.2) is 47.6 Å². The van der Waals surface area contributed by atoms with E-state index in [1.807, 2.05) is 19.9 Å². The molecule has 2 spiro atoms. The molecule has 0 aromatic carbocycles. The van der Waals surface area contributed by atoms with E-state index in [1.54, 1.807) is 6.92 Å². The van der Waals surface area contributed by atoms with Crippen molar-refractivity contribution in [3.8, 4) is 0 Å². The molecule has 0 amide bonds. The van der Waals surface area contributed by atoms with Crippen LogP contribution in [0, 0.1) is 10.8 Å². The van der Waals surface area contributed by atoms with Crippen LogP contribution in [-0.2, 0) is 38.1 Å². The summed E-state index contributed by atoms with van der Waals surface area (Å²) >= 11 is 0. The molecule has 3 heterocycles. The predicted octanol–water partition coefficient (Wildman–Crippen LogP) is 2.09. The number of rotatable bonds is 0. The van der Waals surface area contributed by atoms with Gasteiger partial charge in [-0.3, -0.25) is 0 Å². The summed E-state index contributed by atoms with van der Waals surface area (Å²) in [5, 5.41) is 10.9. The van der Waals surface area contributed by atoms with E-state index in [0.717, 1.165) is 5.57 Å². The summed E-state index contributed by atoms with van der Waals surface area (Å²) in [6, 6.07) is 0. The summed E-state index contributed by atoms with van der Waals surface area (Å²) in [6.45, 7) is 6.10. The average molecular weight is 501 g/mol. The Kier molecular flexibility index (Phi) is 6.21. The fourth-order valence-corrected chi connectivity index (χ4v) is 6.46. The third-order valence-electron chi connectivity index (χ3n) is 8.73. The van der Waals surface area contributed by atoms with E-state index in [2.05, 4.69) is 0 Å². The van der Waals surface area contributed by atoms with Crippen LogP contribution in [0.1, 0.15) is 40.0 Å². The summed E-state index contributed by atoms with van der Waals surface area (Å²) in [5.41, 5.74) is -0.880. The predicted molar refractivity (Wildman–Crippen MR) is 125 cm³/mol. The van der Waals surface area contributed by atoms with Crippen LogP contribution in [0.25, 0.3) is 0 Å². The Labute approximate surface area is 209 Å². The molecule has 9 heteroatoms. The van der Waals surface area contributed by atoms with Crippen LogP contribution in [0.5, 0.6) is 0 Å². The maximum Gasteiger partial charge on any atom is 0.331 e. The van der Waals surface area contributed by atoms with Gasteiger partial charge in [-0.1, -0.05) is 30.7 Å². The highest BCUT2D eigenvalue weighted by Gasteiger charge is 2.83. The lowest BCUT2D eigenvalue weighted by molar-refractivity contribution is -0.238. The van der Waals surface area contributed by atoms with Gasteiger partial charge in [0, 0.05) is 36.5 Å². The lowest BCUT2D eigenvalue weighted by atomic mass is 9.51. The van der Waals surface area contributed by atoms with Crippen LogP contribution in [0.4, 0.5) is 0 Å². The fraction of sp³-hybridized carbons (Fsp3) is 0.593. The molecule has 9 nitrogen and oxygen atoms in total. The van der Waals surface area contributed by atoms with Gasteiger partial charge in [0.15, 0.2) is 0 Å². The summed E-state index contributed by atoms with van der Waals surface area (Å²) in [7, 11) is 0. The first-order valence-electron chi connectivity index (χ1n) is 12.3. The number of ether oxygens (including phenoxy) is 5. The van der Waals surface area contributed by atoms with Crippen molar-refractivity contribution in [3.05, 3.63) is 47.6 Å². The lowest BCUT2D eigenvalue weighted by Crippen LogP contribution is -2.68. The number of aliphatic hydroxyl groups excluding tert-OH is 1. The highest BCUT2D eigenvalue weighted by Crippen LogP contribution is 2.72. The fourth-order valence-electron chi connectivity index (χ4n) is 6.46. The van der Waals surface area contributed by atoms with Gasteiger partial charge < -0.3 is 28.8 Å². The summed E-state index contributed by atoms with van der Waals surface area (Å²) < 4.78 is 29.5. The first-order chi connectivity index (χ1) is 17.1. The number of hydrogen-bond donors (Lipinski definition) is 1. The van der Waals surface area contributed by atoms with E-state index < -0.39 is 52.7 Å². The molecule has 2 saturated heterocycles. The van der Waals surface area contributed by atoms with Gasteiger partial charge in [0.1, 0.15) is 18.3 Å². The van der Waals surface area contributed by atoms with Crippen molar-refractivity contribution in [2.24, 2.45) is 10.8 Å². The Morgan fingerprint density at radius 3 is 2.42 bits per heavy atom.